The normalized spacial score (nSPS) is 13.8. The van der Waals surface area contributed by atoms with E-state index in [1.54, 1.807) is 49.4 Å². The van der Waals surface area contributed by atoms with Gasteiger partial charge in [0.25, 0.3) is 0 Å². The van der Waals surface area contributed by atoms with Gasteiger partial charge in [-0.15, -0.1) is 0 Å². The molecular formula is C23H25NO8. The van der Waals surface area contributed by atoms with E-state index in [4.69, 9.17) is 18.9 Å². The van der Waals surface area contributed by atoms with Crippen molar-refractivity contribution in [2.45, 2.75) is 26.2 Å². The molecule has 1 heterocycles. The second-order valence-corrected chi connectivity index (χ2v) is 7.20. The van der Waals surface area contributed by atoms with Crippen molar-refractivity contribution in [1.82, 2.24) is 0 Å². The van der Waals surface area contributed by atoms with Gasteiger partial charge in [-0.3, -0.25) is 19.7 Å². The molecule has 0 bridgehead atoms. The van der Waals surface area contributed by atoms with Crippen molar-refractivity contribution in [3.05, 3.63) is 63.7 Å². The first-order chi connectivity index (χ1) is 15.4. The predicted molar refractivity (Wildman–Crippen MR) is 114 cm³/mol. The molecule has 2 atom stereocenters. The first-order valence-electron chi connectivity index (χ1n) is 10.4. The summed E-state index contributed by atoms with van der Waals surface area (Å²) in [5.74, 6) is -2.33. The van der Waals surface area contributed by atoms with E-state index in [1.165, 1.54) is 0 Å². The van der Waals surface area contributed by atoms with Crippen LogP contribution < -0.4 is 14.2 Å². The highest BCUT2D eigenvalue weighted by Crippen LogP contribution is 2.38. The number of carbonyl (C=O) groups excluding carboxylic acids is 2. The van der Waals surface area contributed by atoms with Crippen LogP contribution in [-0.4, -0.2) is 43.2 Å². The molecule has 0 N–H and O–H groups in total. The SMILES string of the molecule is CCCOc1ccc(C(=O)C(C(=O)OCC)C(C[N+](=O)[O-])c2ccc3c(c2)OCO3)cc1. The molecule has 0 amide bonds. The Morgan fingerprint density at radius 3 is 2.47 bits per heavy atom. The molecule has 0 radical (unpaired) electrons. The van der Waals surface area contributed by atoms with Gasteiger partial charge in [-0.25, -0.2) is 0 Å². The zero-order valence-electron chi connectivity index (χ0n) is 17.9. The number of Topliss-reactive ketones (excluding diaryl/α,β-unsaturated/α-hetero) is 1. The molecule has 32 heavy (non-hydrogen) atoms. The molecule has 2 unspecified atom stereocenters. The average Bonchev–Trinajstić information content (AvgIpc) is 3.25. The Morgan fingerprint density at radius 2 is 1.81 bits per heavy atom. The van der Waals surface area contributed by atoms with Gasteiger partial charge in [0, 0.05) is 10.5 Å². The lowest BCUT2D eigenvalue weighted by Crippen LogP contribution is -2.35. The molecule has 1 aliphatic heterocycles. The monoisotopic (exact) mass is 443 g/mol. The topological polar surface area (TPSA) is 114 Å². The van der Waals surface area contributed by atoms with Crippen LogP contribution in [-0.2, 0) is 9.53 Å². The third-order valence-electron chi connectivity index (χ3n) is 5.01. The van der Waals surface area contributed by atoms with Gasteiger partial charge in [-0.1, -0.05) is 13.0 Å². The molecule has 3 rings (SSSR count). The predicted octanol–water partition coefficient (Wildman–Crippen LogP) is 3.63. The number of carbonyl (C=O) groups is 2. The van der Waals surface area contributed by atoms with Crippen LogP contribution in [0.1, 0.15) is 42.1 Å². The van der Waals surface area contributed by atoms with Crippen molar-refractivity contribution in [2.75, 3.05) is 26.6 Å². The molecule has 0 aliphatic carbocycles. The number of hydrogen-bond acceptors (Lipinski definition) is 8. The molecule has 0 saturated carbocycles. The maximum Gasteiger partial charge on any atom is 0.317 e. The second kappa shape index (κ2) is 10.6. The van der Waals surface area contributed by atoms with Crippen LogP contribution in [0, 0.1) is 16.0 Å². The van der Waals surface area contributed by atoms with Crippen LogP contribution in [0.25, 0.3) is 0 Å². The summed E-state index contributed by atoms with van der Waals surface area (Å²) in [6.45, 7) is 3.57. The number of ether oxygens (including phenoxy) is 4. The van der Waals surface area contributed by atoms with Crippen LogP contribution in [0.4, 0.5) is 0 Å². The average molecular weight is 443 g/mol. The summed E-state index contributed by atoms with van der Waals surface area (Å²) in [5, 5.41) is 11.5. The van der Waals surface area contributed by atoms with Crippen LogP contribution in [0.5, 0.6) is 17.2 Å². The number of benzene rings is 2. The lowest BCUT2D eigenvalue weighted by atomic mass is 9.81. The number of esters is 1. The fourth-order valence-electron chi connectivity index (χ4n) is 3.51. The third kappa shape index (κ3) is 5.35. The first-order valence-corrected chi connectivity index (χ1v) is 10.4. The molecule has 9 heteroatoms. The lowest BCUT2D eigenvalue weighted by Gasteiger charge is -2.22. The van der Waals surface area contributed by atoms with Crippen molar-refractivity contribution in [1.29, 1.82) is 0 Å². The van der Waals surface area contributed by atoms with Crippen LogP contribution >= 0.6 is 0 Å². The molecule has 2 aromatic carbocycles. The van der Waals surface area contributed by atoms with Gasteiger partial charge in [0.1, 0.15) is 11.7 Å². The van der Waals surface area contributed by atoms with E-state index in [1.807, 2.05) is 6.92 Å². The Labute approximate surface area is 185 Å². The lowest BCUT2D eigenvalue weighted by molar-refractivity contribution is -0.484. The fourth-order valence-corrected chi connectivity index (χ4v) is 3.51. The van der Waals surface area contributed by atoms with Crippen molar-refractivity contribution in [2.24, 2.45) is 5.92 Å². The van der Waals surface area contributed by atoms with Gasteiger partial charge in [-0.05, 0) is 55.3 Å². The summed E-state index contributed by atoms with van der Waals surface area (Å²) in [7, 11) is 0. The van der Waals surface area contributed by atoms with Gasteiger partial charge in [0.15, 0.2) is 17.3 Å². The summed E-state index contributed by atoms with van der Waals surface area (Å²) in [5.41, 5.74) is 0.654. The molecule has 0 spiro atoms. The molecule has 9 nitrogen and oxygen atoms in total. The van der Waals surface area contributed by atoms with Crippen LogP contribution in [0.15, 0.2) is 42.5 Å². The largest absolute Gasteiger partial charge is 0.494 e. The Kier molecular flexibility index (Phi) is 7.64. The zero-order valence-corrected chi connectivity index (χ0v) is 17.9. The number of ketones is 1. The molecule has 0 aromatic heterocycles. The molecule has 1 aliphatic rings. The van der Waals surface area contributed by atoms with Crippen LogP contribution in [0.2, 0.25) is 0 Å². The van der Waals surface area contributed by atoms with Gasteiger partial charge >= 0.3 is 5.97 Å². The summed E-state index contributed by atoms with van der Waals surface area (Å²) in [6, 6.07) is 11.1. The Bertz CT molecular complexity index is 972. The Hall–Kier alpha value is -3.62. The van der Waals surface area contributed by atoms with E-state index < -0.39 is 35.1 Å². The summed E-state index contributed by atoms with van der Waals surface area (Å²) >= 11 is 0. The number of hydrogen-bond donors (Lipinski definition) is 0. The number of rotatable bonds is 11. The van der Waals surface area contributed by atoms with E-state index in [9.17, 15) is 19.7 Å². The smallest absolute Gasteiger partial charge is 0.317 e. The van der Waals surface area contributed by atoms with E-state index in [-0.39, 0.29) is 19.0 Å². The minimum absolute atomic E-state index is 0.0331. The Morgan fingerprint density at radius 1 is 1.09 bits per heavy atom. The van der Waals surface area contributed by atoms with Crippen molar-refractivity contribution in [3.8, 4) is 17.2 Å². The summed E-state index contributed by atoms with van der Waals surface area (Å²) < 4.78 is 21.3. The fraction of sp³-hybridized carbons (Fsp3) is 0.391. The maximum absolute atomic E-state index is 13.4. The van der Waals surface area contributed by atoms with E-state index in [2.05, 4.69) is 0 Å². The van der Waals surface area contributed by atoms with E-state index in [0.717, 1.165) is 6.42 Å². The Balaban J connectivity index is 1.97. The van der Waals surface area contributed by atoms with Gasteiger partial charge < -0.3 is 18.9 Å². The van der Waals surface area contributed by atoms with Gasteiger partial charge in [0.05, 0.1) is 19.1 Å². The molecule has 0 saturated heterocycles. The minimum Gasteiger partial charge on any atom is -0.494 e. The molecular weight excluding hydrogens is 418 g/mol. The third-order valence-corrected chi connectivity index (χ3v) is 5.01. The van der Waals surface area contributed by atoms with E-state index in [0.29, 0.717) is 29.4 Å². The number of nitrogens with zero attached hydrogens (tertiary/aromatic N) is 1. The first kappa shape index (κ1) is 23.1. The standard InChI is InChI=1S/C23H25NO8/c1-3-11-30-17-8-5-15(6-9-17)22(25)21(23(26)29-4-2)18(13-24(27)28)16-7-10-19-20(12-16)32-14-31-19/h5-10,12,18,21H,3-4,11,13-14H2,1-2H3. The molecule has 2 aromatic rings. The quantitative estimate of drug-likeness (QED) is 0.170. The number of fused-ring (bicyclic) bond motifs is 1. The van der Waals surface area contributed by atoms with Gasteiger partial charge in [-0.2, -0.15) is 0 Å². The minimum atomic E-state index is -1.40. The maximum atomic E-state index is 13.4. The van der Waals surface area contributed by atoms with E-state index >= 15 is 0 Å². The van der Waals surface area contributed by atoms with Gasteiger partial charge in [0.2, 0.25) is 13.3 Å². The second-order valence-electron chi connectivity index (χ2n) is 7.20. The van der Waals surface area contributed by atoms with Crippen molar-refractivity contribution >= 4 is 11.8 Å². The van der Waals surface area contributed by atoms with Crippen molar-refractivity contribution in [3.63, 3.8) is 0 Å². The molecule has 0 fully saturated rings. The summed E-state index contributed by atoms with van der Waals surface area (Å²) in [4.78, 5) is 37.2. The van der Waals surface area contributed by atoms with Crippen LogP contribution in [0.3, 0.4) is 0 Å². The highest BCUT2D eigenvalue weighted by Gasteiger charge is 2.41. The highest BCUT2D eigenvalue weighted by atomic mass is 16.7. The number of nitro groups is 1. The van der Waals surface area contributed by atoms with Crippen molar-refractivity contribution < 1.29 is 33.5 Å². The molecule has 170 valence electrons. The zero-order chi connectivity index (χ0) is 23.1. The summed E-state index contributed by atoms with van der Waals surface area (Å²) in [6.07, 6.45) is 0.837. The highest BCUT2D eigenvalue weighted by molar-refractivity contribution is 6.09.